The zero-order valence-corrected chi connectivity index (χ0v) is 13.8. The number of hydrogen-bond acceptors (Lipinski definition) is 5. The van der Waals surface area contributed by atoms with Gasteiger partial charge in [0, 0.05) is 16.1 Å². The summed E-state index contributed by atoms with van der Waals surface area (Å²) >= 11 is 12.2. The van der Waals surface area contributed by atoms with Crippen molar-refractivity contribution < 1.29 is 18.7 Å². The molecule has 0 bridgehead atoms. The van der Waals surface area contributed by atoms with E-state index in [-0.39, 0.29) is 5.56 Å². The summed E-state index contributed by atoms with van der Waals surface area (Å²) in [6, 6.07) is 6.39. The number of fused-ring (bicyclic) bond motifs is 1. The highest BCUT2D eigenvalue weighted by molar-refractivity contribution is 6.35. The van der Waals surface area contributed by atoms with E-state index in [4.69, 9.17) is 37.1 Å². The molecule has 3 rings (SSSR count). The molecule has 0 aliphatic carbocycles. The van der Waals surface area contributed by atoms with Crippen molar-refractivity contribution in [1.82, 2.24) is 0 Å². The number of halogens is 2. The number of aryl methyl sites for hydroxylation is 1. The summed E-state index contributed by atoms with van der Waals surface area (Å²) in [4.78, 5) is 24.4. The number of benzene rings is 1. The minimum Gasteiger partial charge on any atom is -0.477 e. The van der Waals surface area contributed by atoms with Crippen molar-refractivity contribution in [1.29, 1.82) is 0 Å². The summed E-state index contributed by atoms with van der Waals surface area (Å²) in [6.07, 6.45) is -1.02. The largest absolute Gasteiger partial charge is 0.477 e. The molecule has 2 aromatic rings. The molecule has 0 radical (unpaired) electrons. The van der Waals surface area contributed by atoms with Gasteiger partial charge in [-0.05, 0) is 24.6 Å². The number of esters is 1. The van der Waals surface area contributed by atoms with Gasteiger partial charge in [0.15, 0.2) is 0 Å². The molecule has 5 nitrogen and oxygen atoms in total. The van der Waals surface area contributed by atoms with E-state index in [9.17, 15) is 9.59 Å². The molecule has 120 valence electrons. The Hall–Kier alpha value is -1.98. The number of hydrogen-bond donors (Lipinski definition) is 0. The van der Waals surface area contributed by atoms with E-state index in [2.05, 4.69) is 0 Å². The Balaban J connectivity index is 2.22. The fraction of sp³-hybridized carbons (Fsp3) is 0.250. The molecule has 0 amide bonds. The van der Waals surface area contributed by atoms with E-state index < -0.39 is 23.6 Å². The molecular formula is C16H12Cl2O5. The predicted molar refractivity (Wildman–Crippen MR) is 84.5 cm³/mol. The number of carbonyl (C=O) groups is 1. The first-order valence-corrected chi connectivity index (χ1v) is 7.52. The number of rotatable bonds is 2. The van der Waals surface area contributed by atoms with Crippen molar-refractivity contribution in [3.8, 4) is 5.75 Å². The van der Waals surface area contributed by atoms with Gasteiger partial charge in [-0.25, -0.2) is 9.59 Å². The Bertz CT molecular complexity index is 843. The molecule has 1 aliphatic rings. The summed E-state index contributed by atoms with van der Waals surface area (Å²) in [6.45, 7) is 1.63. The maximum Gasteiger partial charge on any atom is 0.348 e. The third kappa shape index (κ3) is 2.71. The van der Waals surface area contributed by atoms with Crippen molar-refractivity contribution in [3.05, 3.63) is 61.6 Å². The quantitative estimate of drug-likeness (QED) is 0.774. The summed E-state index contributed by atoms with van der Waals surface area (Å²) in [7, 11) is 1.25. The average molecular weight is 355 g/mol. The highest BCUT2D eigenvalue weighted by Crippen LogP contribution is 2.43. The molecule has 0 N–H and O–H groups in total. The van der Waals surface area contributed by atoms with Gasteiger partial charge in [-0.3, -0.25) is 0 Å². The lowest BCUT2D eigenvalue weighted by Crippen LogP contribution is -2.32. The first kappa shape index (κ1) is 15.9. The second kappa shape index (κ2) is 5.91. The Morgan fingerprint density at radius 2 is 2.00 bits per heavy atom. The van der Waals surface area contributed by atoms with Gasteiger partial charge in [0.25, 0.3) is 0 Å². The lowest BCUT2D eigenvalue weighted by molar-refractivity contribution is -0.148. The third-order valence-corrected chi connectivity index (χ3v) is 4.23. The van der Waals surface area contributed by atoms with Gasteiger partial charge in [-0.2, -0.15) is 0 Å². The molecule has 0 spiro atoms. The van der Waals surface area contributed by atoms with Gasteiger partial charge < -0.3 is 13.9 Å². The normalized spacial score (nSPS) is 19.1. The Labute approximate surface area is 141 Å². The highest BCUT2D eigenvalue weighted by Gasteiger charge is 2.44. The molecule has 1 aromatic carbocycles. The minimum absolute atomic E-state index is 0.246. The molecule has 0 saturated carbocycles. The Morgan fingerprint density at radius 3 is 2.65 bits per heavy atom. The Morgan fingerprint density at radius 1 is 1.26 bits per heavy atom. The minimum atomic E-state index is -1.02. The van der Waals surface area contributed by atoms with E-state index in [1.54, 1.807) is 31.2 Å². The monoisotopic (exact) mass is 354 g/mol. The molecule has 23 heavy (non-hydrogen) atoms. The van der Waals surface area contributed by atoms with Crippen LogP contribution < -0.4 is 10.4 Å². The van der Waals surface area contributed by atoms with Crippen LogP contribution in [0.1, 0.15) is 22.8 Å². The van der Waals surface area contributed by atoms with Crippen molar-refractivity contribution in [2.45, 2.75) is 18.9 Å². The second-order valence-corrected chi connectivity index (χ2v) is 5.97. The smallest absolute Gasteiger partial charge is 0.348 e. The number of ether oxygens (including phenoxy) is 2. The van der Waals surface area contributed by atoms with E-state index in [1.165, 1.54) is 7.11 Å². The summed E-state index contributed by atoms with van der Waals surface area (Å²) in [5.74, 6) is -0.640. The van der Waals surface area contributed by atoms with E-state index >= 15 is 0 Å². The van der Waals surface area contributed by atoms with Crippen molar-refractivity contribution in [2.24, 2.45) is 0 Å². The van der Waals surface area contributed by atoms with Crippen LogP contribution in [0.25, 0.3) is 0 Å². The van der Waals surface area contributed by atoms with E-state index in [0.29, 0.717) is 27.1 Å². The van der Waals surface area contributed by atoms with Crippen LogP contribution in [0.4, 0.5) is 0 Å². The molecule has 2 unspecified atom stereocenters. The van der Waals surface area contributed by atoms with Crippen LogP contribution in [0.15, 0.2) is 33.5 Å². The molecule has 2 heterocycles. The van der Waals surface area contributed by atoms with Gasteiger partial charge in [0.2, 0.25) is 6.10 Å². The molecule has 0 saturated heterocycles. The molecule has 7 heteroatoms. The number of carbonyl (C=O) groups excluding carboxylic acids is 1. The highest BCUT2D eigenvalue weighted by atomic mass is 35.5. The van der Waals surface area contributed by atoms with E-state index in [1.807, 2.05) is 0 Å². The summed E-state index contributed by atoms with van der Waals surface area (Å²) < 4.78 is 15.6. The van der Waals surface area contributed by atoms with Crippen molar-refractivity contribution in [3.63, 3.8) is 0 Å². The molecule has 2 atom stereocenters. The second-order valence-electron chi connectivity index (χ2n) is 5.13. The van der Waals surface area contributed by atoms with Crippen LogP contribution in [0, 0.1) is 6.92 Å². The average Bonchev–Trinajstić information content (AvgIpc) is 2.85. The van der Waals surface area contributed by atoms with Crippen LogP contribution in [0.2, 0.25) is 10.0 Å². The van der Waals surface area contributed by atoms with E-state index in [0.717, 1.165) is 0 Å². The summed E-state index contributed by atoms with van der Waals surface area (Å²) in [5.41, 5.74) is 0.221. The lowest BCUT2D eigenvalue weighted by atomic mass is 9.89. The van der Waals surface area contributed by atoms with Crippen LogP contribution >= 0.6 is 23.2 Å². The van der Waals surface area contributed by atoms with Crippen LogP contribution in [0.3, 0.4) is 0 Å². The zero-order valence-electron chi connectivity index (χ0n) is 12.3. The summed E-state index contributed by atoms with van der Waals surface area (Å²) in [5, 5.41) is 0.774. The number of methoxy groups -OCH3 is 1. The van der Waals surface area contributed by atoms with Crippen molar-refractivity contribution in [2.75, 3.05) is 7.11 Å². The van der Waals surface area contributed by atoms with Crippen LogP contribution in [-0.4, -0.2) is 19.2 Å². The standard InChI is InChI=1S/C16H12Cl2O5/c1-7-5-11-13(15(19)22-7)12(14(23-11)16(20)21-2)9-4-3-8(17)6-10(9)18/h3-6,12,14H,1-2H3. The van der Waals surface area contributed by atoms with Gasteiger partial charge in [-0.15, -0.1) is 0 Å². The molecule has 1 aromatic heterocycles. The first-order chi connectivity index (χ1) is 10.9. The van der Waals surface area contributed by atoms with Gasteiger partial charge in [0.05, 0.1) is 18.6 Å². The van der Waals surface area contributed by atoms with Gasteiger partial charge in [-0.1, -0.05) is 29.3 Å². The topological polar surface area (TPSA) is 65.7 Å². The maximum atomic E-state index is 12.3. The van der Waals surface area contributed by atoms with Crippen LogP contribution in [0.5, 0.6) is 5.75 Å². The maximum absolute atomic E-state index is 12.3. The molecular weight excluding hydrogens is 343 g/mol. The molecule has 1 aliphatic heterocycles. The Kier molecular flexibility index (Phi) is 4.08. The van der Waals surface area contributed by atoms with Gasteiger partial charge in [0.1, 0.15) is 11.5 Å². The SMILES string of the molecule is COC(=O)C1Oc2cc(C)oc(=O)c2C1c1ccc(Cl)cc1Cl. The zero-order chi connectivity index (χ0) is 16.7. The molecule has 0 fully saturated rings. The van der Waals surface area contributed by atoms with Gasteiger partial charge >= 0.3 is 11.6 Å². The lowest BCUT2D eigenvalue weighted by Gasteiger charge is -2.18. The fourth-order valence-corrected chi connectivity index (χ4v) is 3.23. The fourth-order valence-electron chi connectivity index (χ4n) is 2.70. The van der Waals surface area contributed by atoms with Crippen molar-refractivity contribution >= 4 is 29.2 Å². The third-order valence-electron chi connectivity index (χ3n) is 3.67. The van der Waals surface area contributed by atoms with Crippen LogP contribution in [-0.2, 0) is 9.53 Å². The predicted octanol–water partition coefficient (Wildman–Crippen LogP) is 3.32. The first-order valence-electron chi connectivity index (χ1n) is 6.76.